The third kappa shape index (κ3) is 4.82. The molecular formula is C22H27IN2O3. The largest absolute Gasteiger partial charge is 0.330 e. The lowest BCUT2D eigenvalue weighted by molar-refractivity contribution is -0.138. The van der Waals surface area contributed by atoms with Crippen molar-refractivity contribution in [3.05, 3.63) is 39.5 Å². The van der Waals surface area contributed by atoms with Crippen LogP contribution in [0.25, 0.3) is 0 Å². The number of hydrogen-bond donors (Lipinski definition) is 0. The van der Waals surface area contributed by atoms with Crippen molar-refractivity contribution in [2.75, 3.05) is 11.4 Å². The van der Waals surface area contributed by atoms with E-state index in [0.29, 0.717) is 18.7 Å². The van der Waals surface area contributed by atoms with E-state index >= 15 is 0 Å². The number of hydrogen-bond acceptors (Lipinski definition) is 3. The van der Waals surface area contributed by atoms with Gasteiger partial charge in [-0.3, -0.25) is 14.4 Å². The lowest BCUT2D eigenvalue weighted by atomic mass is 9.97. The minimum atomic E-state index is -0.685. The Bertz CT molecular complexity index is 772. The van der Waals surface area contributed by atoms with Gasteiger partial charge in [0.1, 0.15) is 6.04 Å². The van der Waals surface area contributed by atoms with Gasteiger partial charge in [-0.2, -0.15) is 0 Å². The topological polar surface area (TPSA) is 57.7 Å². The summed E-state index contributed by atoms with van der Waals surface area (Å²) in [4.78, 5) is 41.4. The predicted octanol–water partition coefficient (Wildman–Crippen LogP) is 4.44. The number of imide groups is 1. The fourth-order valence-corrected chi connectivity index (χ4v) is 4.29. The molecule has 0 radical (unpaired) electrons. The standard InChI is InChI=1S/C22H27IN2O3/c1-2-6-20(26)24(14-13-16-7-4-3-5-8-16)19-15-21(27)25(22(19)28)18-11-9-17(23)10-12-18/h7,9-12,19H,2-6,8,13-15H2,1H3. The van der Waals surface area contributed by atoms with E-state index in [0.717, 1.165) is 29.3 Å². The Labute approximate surface area is 180 Å². The number of amides is 3. The molecule has 1 aromatic carbocycles. The molecule has 1 aliphatic heterocycles. The van der Waals surface area contributed by atoms with Gasteiger partial charge < -0.3 is 4.90 Å². The molecule has 150 valence electrons. The third-order valence-corrected chi connectivity index (χ3v) is 6.15. The second kappa shape index (κ2) is 9.67. The van der Waals surface area contributed by atoms with Gasteiger partial charge in [0.05, 0.1) is 12.1 Å². The fourth-order valence-electron chi connectivity index (χ4n) is 3.93. The van der Waals surface area contributed by atoms with Crippen LogP contribution >= 0.6 is 22.6 Å². The number of halogens is 1. The summed E-state index contributed by atoms with van der Waals surface area (Å²) in [6, 6.07) is 6.63. The molecule has 0 aromatic heterocycles. The van der Waals surface area contributed by atoms with E-state index in [1.165, 1.54) is 23.3 Å². The van der Waals surface area contributed by atoms with Gasteiger partial charge in [-0.25, -0.2) is 4.90 Å². The Morgan fingerprint density at radius 3 is 2.61 bits per heavy atom. The summed E-state index contributed by atoms with van der Waals surface area (Å²) in [5, 5.41) is 0. The maximum absolute atomic E-state index is 13.1. The highest BCUT2D eigenvalue weighted by Gasteiger charge is 2.44. The van der Waals surface area contributed by atoms with Crippen LogP contribution in [0.2, 0.25) is 0 Å². The number of allylic oxidation sites excluding steroid dienone is 1. The molecule has 3 amide bonds. The first kappa shape index (κ1) is 21.0. The van der Waals surface area contributed by atoms with Crippen molar-refractivity contribution >= 4 is 46.0 Å². The van der Waals surface area contributed by atoms with Gasteiger partial charge in [0.2, 0.25) is 11.8 Å². The van der Waals surface area contributed by atoms with Gasteiger partial charge in [-0.15, -0.1) is 0 Å². The maximum atomic E-state index is 13.1. The summed E-state index contributed by atoms with van der Waals surface area (Å²) in [5.74, 6) is -0.551. The smallest absolute Gasteiger partial charge is 0.257 e. The van der Waals surface area contributed by atoms with E-state index in [1.54, 1.807) is 17.0 Å². The minimum absolute atomic E-state index is 0.0329. The first-order chi connectivity index (χ1) is 13.5. The summed E-state index contributed by atoms with van der Waals surface area (Å²) >= 11 is 2.19. The highest BCUT2D eigenvalue weighted by molar-refractivity contribution is 14.1. The number of rotatable bonds is 7. The second-order valence-electron chi connectivity index (χ2n) is 7.46. The van der Waals surface area contributed by atoms with E-state index < -0.39 is 6.04 Å². The summed E-state index contributed by atoms with van der Waals surface area (Å²) in [6.45, 7) is 2.47. The van der Waals surface area contributed by atoms with Crippen LogP contribution in [-0.2, 0) is 14.4 Å². The average molecular weight is 494 g/mol. The quantitative estimate of drug-likeness (QED) is 0.320. The van der Waals surface area contributed by atoms with Gasteiger partial charge in [0, 0.05) is 16.5 Å². The van der Waals surface area contributed by atoms with E-state index in [-0.39, 0.29) is 24.1 Å². The van der Waals surface area contributed by atoms with Crippen molar-refractivity contribution in [1.29, 1.82) is 0 Å². The molecule has 1 atom stereocenters. The summed E-state index contributed by atoms with van der Waals surface area (Å²) in [5.41, 5.74) is 1.95. The average Bonchev–Trinajstić information content (AvgIpc) is 2.98. The molecule has 1 aliphatic carbocycles. The minimum Gasteiger partial charge on any atom is -0.330 e. The lowest BCUT2D eigenvalue weighted by Crippen LogP contribution is -2.46. The molecule has 6 heteroatoms. The number of benzene rings is 1. The Morgan fingerprint density at radius 2 is 1.96 bits per heavy atom. The van der Waals surface area contributed by atoms with Gasteiger partial charge in [-0.1, -0.05) is 18.6 Å². The molecule has 1 aromatic rings. The van der Waals surface area contributed by atoms with Gasteiger partial charge in [-0.05, 0) is 85.4 Å². The molecule has 0 N–H and O–H groups in total. The van der Waals surface area contributed by atoms with E-state index in [1.807, 2.05) is 19.1 Å². The monoisotopic (exact) mass is 494 g/mol. The molecule has 1 saturated heterocycles. The number of carbonyl (C=O) groups is 3. The van der Waals surface area contributed by atoms with Crippen LogP contribution < -0.4 is 4.90 Å². The molecular weight excluding hydrogens is 467 g/mol. The summed E-state index contributed by atoms with van der Waals surface area (Å²) in [7, 11) is 0. The molecule has 1 heterocycles. The zero-order valence-electron chi connectivity index (χ0n) is 16.3. The molecule has 1 unspecified atom stereocenters. The molecule has 0 spiro atoms. The number of carbonyl (C=O) groups excluding carboxylic acids is 3. The van der Waals surface area contributed by atoms with Crippen molar-refractivity contribution in [2.24, 2.45) is 0 Å². The van der Waals surface area contributed by atoms with Crippen molar-refractivity contribution in [1.82, 2.24) is 4.90 Å². The van der Waals surface area contributed by atoms with Gasteiger partial charge >= 0.3 is 0 Å². The summed E-state index contributed by atoms with van der Waals surface area (Å²) < 4.78 is 1.04. The van der Waals surface area contributed by atoms with Gasteiger partial charge in [0.15, 0.2) is 0 Å². The van der Waals surface area contributed by atoms with Crippen LogP contribution in [0.5, 0.6) is 0 Å². The molecule has 0 bridgehead atoms. The third-order valence-electron chi connectivity index (χ3n) is 5.43. The highest BCUT2D eigenvalue weighted by atomic mass is 127. The first-order valence-corrected chi connectivity index (χ1v) is 11.2. The molecule has 1 fully saturated rings. The van der Waals surface area contributed by atoms with Crippen molar-refractivity contribution in [3.8, 4) is 0 Å². The Morgan fingerprint density at radius 1 is 1.21 bits per heavy atom. The molecule has 28 heavy (non-hydrogen) atoms. The fraction of sp³-hybridized carbons (Fsp3) is 0.500. The second-order valence-corrected chi connectivity index (χ2v) is 8.70. The van der Waals surface area contributed by atoms with Crippen molar-refractivity contribution in [2.45, 2.75) is 64.3 Å². The Hall–Kier alpha value is -1.70. The van der Waals surface area contributed by atoms with Gasteiger partial charge in [0.25, 0.3) is 5.91 Å². The highest BCUT2D eigenvalue weighted by Crippen LogP contribution is 2.28. The molecule has 2 aliphatic rings. The summed E-state index contributed by atoms with van der Waals surface area (Å²) in [6.07, 6.45) is 8.84. The Balaban J connectivity index is 1.77. The van der Waals surface area contributed by atoms with Crippen LogP contribution in [0.3, 0.4) is 0 Å². The van der Waals surface area contributed by atoms with E-state index in [9.17, 15) is 14.4 Å². The van der Waals surface area contributed by atoms with Crippen molar-refractivity contribution < 1.29 is 14.4 Å². The SMILES string of the molecule is CCCC(=O)N(CCC1=CCCCC1)C1CC(=O)N(c2ccc(I)cc2)C1=O. The maximum Gasteiger partial charge on any atom is 0.257 e. The molecule has 3 rings (SSSR count). The zero-order valence-corrected chi connectivity index (χ0v) is 18.5. The van der Waals surface area contributed by atoms with Crippen molar-refractivity contribution in [3.63, 3.8) is 0 Å². The lowest BCUT2D eigenvalue weighted by Gasteiger charge is -2.28. The van der Waals surface area contributed by atoms with Crippen LogP contribution in [0, 0.1) is 3.57 Å². The number of anilines is 1. The van der Waals surface area contributed by atoms with E-state index in [4.69, 9.17) is 0 Å². The first-order valence-electron chi connectivity index (χ1n) is 10.1. The van der Waals surface area contributed by atoms with Crippen LogP contribution in [-0.4, -0.2) is 35.2 Å². The van der Waals surface area contributed by atoms with E-state index in [2.05, 4.69) is 28.7 Å². The van der Waals surface area contributed by atoms with Crippen LogP contribution in [0.1, 0.15) is 58.3 Å². The number of nitrogens with zero attached hydrogens (tertiary/aromatic N) is 2. The Kier molecular flexibility index (Phi) is 7.26. The van der Waals surface area contributed by atoms with Crippen LogP contribution in [0.4, 0.5) is 5.69 Å². The molecule has 0 saturated carbocycles. The zero-order chi connectivity index (χ0) is 20.1. The predicted molar refractivity (Wildman–Crippen MR) is 118 cm³/mol. The normalized spacial score (nSPS) is 19.7. The molecule has 5 nitrogen and oxygen atoms in total. The van der Waals surface area contributed by atoms with Crippen LogP contribution in [0.15, 0.2) is 35.9 Å².